The summed E-state index contributed by atoms with van der Waals surface area (Å²) in [5.74, 6) is -1.22. The van der Waals surface area contributed by atoms with E-state index >= 15 is 8.78 Å². The lowest BCUT2D eigenvalue weighted by atomic mass is 9.80. The van der Waals surface area contributed by atoms with E-state index in [9.17, 15) is 5.11 Å². The largest absolute Gasteiger partial charge is 0.374 e. The number of anilines is 2. The average molecular weight is 435 g/mol. The first-order chi connectivity index (χ1) is 15.4. The molecular weight excluding hydrogens is 416 g/mol. The molecule has 1 aliphatic rings. The predicted molar refractivity (Wildman–Crippen MR) is 114 cm³/mol. The Hall–Kier alpha value is -3.85. The molecule has 7 nitrogen and oxygen atoms in total. The SMILES string of the molecule is Cc1noc(C)c1-c1cc2c(c(C(O)(c3cnccn3)c3c(F)cccc3F)c1)NCN2. The van der Waals surface area contributed by atoms with Gasteiger partial charge in [-0.2, -0.15) is 0 Å². The fraction of sp³-hybridized carbons (Fsp3) is 0.174. The molecule has 0 fully saturated rings. The Morgan fingerprint density at radius 3 is 2.53 bits per heavy atom. The number of rotatable bonds is 4. The third-order valence-corrected chi connectivity index (χ3v) is 5.65. The van der Waals surface area contributed by atoms with Gasteiger partial charge in [0.1, 0.15) is 17.4 Å². The van der Waals surface area contributed by atoms with Crippen molar-refractivity contribution in [1.29, 1.82) is 0 Å². The first-order valence-corrected chi connectivity index (χ1v) is 9.94. The van der Waals surface area contributed by atoms with Crippen LogP contribution >= 0.6 is 0 Å². The number of halogens is 2. The standard InChI is InChI=1S/C23H19F2N5O2/c1-12-20(13(2)32-30-12)14-8-15(22-18(9-14)28-11-29-22)23(31,19-10-26-6-7-27-19)21-16(24)4-3-5-17(21)25/h3-10,28-29,31H,11H2,1-2H3. The van der Waals surface area contributed by atoms with Gasteiger partial charge in [0, 0.05) is 23.5 Å². The van der Waals surface area contributed by atoms with Crippen molar-refractivity contribution in [1.82, 2.24) is 15.1 Å². The van der Waals surface area contributed by atoms with E-state index in [0.29, 0.717) is 35.1 Å². The number of hydrogen-bond donors (Lipinski definition) is 3. The smallest absolute Gasteiger partial charge is 0.166 e. The molecule has 5 rings (SSSR count). The minimum absolute atomic E-state index is 0.0178. The molecule has 9 heteroatoms. The van der Waals surface area contributed by atoms with Crippen LogP contribution < -0.4 is 10.6 Å². The molecule has 1 aliphatic heterocycles. The number of fused-ring (bicyclic) bond motifs is 1. The molecule has 0 spiro atoms. The molecule has 0 radical (unpaired) electrons. The molecule has 0 aliphatic carbocycles. The van der Waals surface area contributed by atoms with Gasteiger partial charge in [-0.3, -0.25) is 9.97 Å². The maximum absolute atomic E-state index is 15.1. The van der Waals surface area contributed by atoms with Crippen LogP contribution in [0.15, 0.2) is 53.4 Å². The zero-order valence-corrected chi connectivity index (χ0v) is 17.3. The third kappa shape index (κ3) is 2.93. The molecule has 3 heterocycles. The Bertz CT molecular complexity index is 1290. The zero-order chi connectivity index (χ0) is 22.5. The van der Waals surface area contributed by atoms with Gasteiger partial charge in [0.2, 0.25) is 0 Å². The van der Waals surface area contributed by atoms with Gasteiger partial charge in [0.25, 0.3) is 0 Å². The van der Waals surface area contributed by atoms with Crippen LogP contribution in [0.3, 0.4) is 0 Å². The summed E-state index contributed by atoms with van der Waals surface area (Å²) < 4.78 is 35.4. The summed E-state index contributed by atoms with van der Waals surface area (Å²) >= 11 is 0. The van der Waals surface area contributed by atoms with Gasteiger partial charge in [0.15, 0.2) is 5.60 Å². The molecule has 1 atom stereocenters. The van der Waals surface area contributed by atoms with E-state index in [0.717, 1.165) is 17.7 Å². The number of hydrogen-bond acceptors (Lipinski definition) is 7. The second-order valence-electron chi connectivity index (χ2n) is 7.57. The lowest BCUT2D eigenvalue weighted by molar-refractivity contribution is 0.112. The molecule has 0 amide bonds. The molecule has 4 aromatic rings. The van der Waals surface area contributed by atoms with Gasteiger partial charge in [-0.15, -0.1) is 0 Å². The maximum atomic E-state index is 15.1. The summed E-state index contributed by atoms with van der Waals surface area (Å²) in [4.78, 5) is 8.24. The highest BCUT2D eigenvalue weighted by molar-refractivity contribution is 5.86. The van der Waals surface area contributed by atoms with Crippen molar-refractivity contribution in [3.8, 4) is 11.1 Å². The highest BCUT2D eigenvalue weighted by Crippen LogP contribution is 2.47. The van der Waals surface area contributed by atoms with Crippen LogP contribution in [0.25, 0.3) is 11.1 Å². The predicted octanol–water partition coefficient (Wildman–Crippen LogP) is 4.11. The number of aliphatic hydroxyl groups is 1. The number of benzene rings is 2. The van der Waals surface area contributed by atoms with Crippen molar-refractivity contribution in [2.24, 2.45) is 0 Å². The van der Waals surface area contributed by atoms with Crippen molar-refractivity contribution in [2.75, 3.05) is 17.3 Å². The Morgan fingerprint density at radius 2 is 1.88 bits per heavy atom. The lowest BCUT2D eigenvalue weighted by Gasteiger charge is -2.31. The van der Waals surface area contributed by atoms with Crippen LogP contribution in [-0.2, 0) is 5.60 Å². The fourth-order valence-electron chi connectivity index (χ4n) is 4.25. The summed E-state index contributed by atoms with van der Waals surface area (Å²) in [5.41, 5.74) is 0.625. The molecule has 3 N–H and O–H groups in total. The van der Waals surface area contributed by atoms with Gasteiger partial charge >= 0.3 is 0 Å². The third-order valence-electron chi connectivity index (χ3n) is 5.65. The molecule has 1 unspecified atom stereocenters. The molecule has 2 aromatic heterocycles. The molecular formula is C23H19F2N5O2. The Balaban J connectivity index is 1.88. The van der Waals surface area contributed by atoms with Crippen LogP contribution in [0.2, 0.25) is 0 Å². The van der Waals surface area contributed by atoms with Gasteiger partial charge in [-0.05, 0) is 43.7 Å². The minimum Gasteiger partial charge on any atom is -0.374 e. The van der Waals surface area contributed by atoms with Crippen LogP contribution in [0.5, 0.6) is 0 Å². The Kier molecular flexibility index (Phi) is 4.63. The maximum Gasteiger partial charge on any atom is 0.166 e. The summed E-state index contributed by atoms with van der Waals surface area (Å²) in [5, 5.41) is 22.5. The van der Waals surface area contributed by atoms with Crippen molar-refractivity contribution in [2.45, 2.75) is 19.4 Å². The number of aryl methyl sites for hydroxylation is 2. The lowest BCUT2D eigenvalue weighted by Crippen LogP contribution is -2.33. The van der Waals surface area contributed by atoms with Gasteiger partial charge in [-0.25, -0.2) is 8.78 Å². The first-order valence-electron chi connectivity index (χ1n) is 9.94. The van der Waals surface area contributed by atoms with Gasteiger partial charge < -0.3 is 20.3 Å². The number of aromatic nitrogens is 3. The Labute approximate surface area is 182 Å². The van der Waals surface area contributed by atoms with E-state index in [1.165, 1.54) is 24.7 Å². The van der Waals surface area contributed by atoms with Crippen molar-refractivity contribution < 1.29 is 18.4 Å². The molecule has 2 aromatic carbocycles. The van der Waals surface area contributed by atoms with Crippen molar-refractivity contribution >= 4 is 11.4 Å². The molecule has 0 saturated carbocycles. The minimum atomic E-state index is -2.28. The van der Waals surface area contributed by atoms with Crippen molar-refractivity contribution in [3.05, 3.63) is 88.8 Å². The molecule has 0 bridgehead atoms. The summed E-state index contributed by atoms with van der Waals surface area (Å²) in [6.45, 7) is 3.96. The van der Waals surface area contributed by atoms with Gasteiger partial charge in [-0.1, -0.05) is 11.2 Å². The second kappa shape index (κ2) is 7.38. The Morgan fingerprint density at radius 1 is 1.09 bits per heavy atom. The van der Waals surface area contributed by atoms with E-state index < -0.39 is 22.8 Å². The molecule has 0 saturated heterocycles. The number of nitrogens with zero attached hydrogens (tertiary/aromatic N) is 3. The normalized spacial score (nSPS) is 14.4. The molecule has 32 heavy (non-hydrogen) atoms. The van der Waals surface area contributed by atoms with Crippen LogP contribution in [0.1, 0.15) is 28.3 Å². The summed E-state index contributed by atoms with van der Waals surface area (Å²) in [6, 6.07) is 7.00. The van der Waals surface area contributed by atoms with E-state index in [4.69, 9.17) is 4.52 Å². The van der Waals surface area contributed by atoms with E-state index in [1.807, 2.05) is 6.07 Å². The topological polar surface area (TPSA) is 96.1 Å². The van der Waals surface area contributed by atoms with E-state index in [-0.39, 0.29) is 11.3 Å². The molecule has 162 valence electrons. The summed E-state index contributed by atoms with van der Waals surface area (Å²) in [7, 11) is 0. The van der Waals surface area contributed by atoms with Crippen LogP contribution in [0, 0.1) is 25.5 Å². The number of nitrogens with one attached hydrogen (secondary N) is 2. The van der Waals surface area contributed by atoms with E-state index in [2.05, 4.69) is 25.8 Å². The van der Waals surface area contributed by atoms with E-state index in [1.54, 1.807) is 19.9 Å². The van der Waals surface area contributed by atoms with Crippen molar-refractivity contribution in [3.63, 3.8) is 0 Å². The quantitative estimate of drug-likeness (QED) is 0.444. The second-order valence-corrected chi connectivity index (χ2v) is 7.57. The summed E-state index contributed by atoms with van der Waals surface area (Å²) in [6.07, 6.45) is 4.08. The first kappa shape index (κ1) is 20.1. The highest BCUT2D eigenvalue weighted by atomic mass is 19.1. The monoisotopic (exact) mass is 435 g/mol. The zero-order valence-electron chi connectivity index (χ0n) is 17.3. The van der Waals surface area contributed by atoms with Gasteiger partial charge in [0.05, 0.1) is 41.2 Å². The average Bonchev–Trinajstić information content (AvgIpc) is 3.39. The highest BCUT2D eigenvalue weighted by Gasteiger charge is 2.43. The van der Waals surface area contributed by atoms with Crippen LogP contribution in [0.4, 0.5) is 20.2 Å². The van der Waals surface area contributed by atoms with Crippen LogP contribution in [-0.4, -0.2) is 26.9 Å². The fourth-order valence-corrected chi connectivity index (χ4v) is 4.25.